The first kappa shape index (κ1) is 14.0. The molecule has 1 aromatic rings. The summed E-state index contributed by atoms with van der Waals surface area (Å²) < 4.78 is 7.35. The van der Waals surface area contributed by atoms with E-state index in [2.05, 4.69) is 57.1 Å². The Hall–Kier alpha value is -0.0600. The largest absolute Gasteiger partial charge is 0.383 e. The fourth-order valence-electron chi connectivity index (χ4n) is 1.39. The van der Waals surface area contributed by atoms with Crippen molar-refractivity contribution in [2.45, 2.75) is 19.9 Å². The molecule has 1 N–H and O–H groups in total. The average Bonchev–Trinajstić information content (AvgIpc) is 2.22. The van der Waals surface area contributed by atoms with Gasteiger partial charge in [0, 0.05) is 21.7 Å². The van der Waals surface area contributed by atoms with Gasteiger partial charge in [0.25, 0.3) is 0 Å². The molecule has 1 atom stereocenters. The van der Waals surface area contributed by atoms with E-state index in [4.69, 9.17) is 4.74 Å². The van der Waals surface area contributed by atoms with Gasteiger partial charge >= 0.3 is 0 Å². The summed E-state index contributed by atoms with van der Waals surface area (Å²) in [6.45, 7) is 5.07. The highest BCUT2D eigenvalue weighted by Crippen LogP contribution is 2.27. The van der Waals surface area contributed by atoms with E-state index in [0.29, 0.717) is 18.6 Å². The zero-order valence-corrected chi connectivity index (χ0v) is 12.9. The molecule has 0 aliphatic heterocycles. The van der Waals surface area contributed by atoms with Crippen molar-refractivity contribution in [1.82, 2.24) is 0 Å². The second kappa shape index (κ2) is 6.62. The second-order valence-electron chi connectivity index (χ2n) is 4.07. The van der Waals surface area contributed by atoms with Crippen molar-refractivity contribution in [3.05, 3.63) is 27.1 Å². The van der Waals surface area contributed by atoms with Gasteiger partial charge in [-0.3, -0.25) is 0 Å². The molecule has 0 saturated heterocycles. The van der Waals surface area contributed by atoms with Gasteiger partial charge in [-0.15, -0.1) is 0 Å². The topological polar surface area (TPSA) is 21.3 Å². The lowest BCUT2D eigenvalue weighted by molar-refractivity contribution is 0.171. The maximum atomic E-state index is 5.22. The Morgan fingerprint density at radius 2 is 2.00 bits per heavy atom. The lowest BCUT2D eigenvalue weighted by Crippen LogP contribution is -2.30. The Labute approximate surface area is 114 Å². The highest BCUT2D eigenvalue weighted by atomic mass is 79.9. The standard InChI is InChI=1S/C12H17Br2NO/c1-8(2)12(7-16-3)15-11-6-9(13)4-5-10(11)14/h4-6,8,12,15H,7H2,1-3H3. The summed E-state index contributed by atoms with van der Waals surface area (Å²) in [6.07, 6.45) is 0. The monoisotopic (exact) mass is 349 g/mol. The second-order valence-corrected chi connectivity index (χ2v) is 5.84. The van der Waals surface area contributed by atoms with Gasteiger partial charge in [-0.1, -0.05) is 29.8 Å². The van der Waals surface area contributed by atoms with E-state index in [1.54, 1.807) is 7.11 Å². The smallest absolute Gasteiger partial charge is 0.0666 e. The van der Waals surface area contributed by atoms with Crippen molar-refractivity contribution in [1.29, 1.82) is 0 Å². The van der Waals surface area contributed by atoms with Gasteiger partial charge in [0.2, 0.25) is 0 Å². The quantitative estimate of drug-likeness (QED) is 0.855. The number of ether oxygens (including phenoxy) is 1. The molecule has 0 spiro atoms. The maximum absolute atomic E-state index is 5.22. The maximum Gasteiger partial charge on any atom is 0.0666 e. The molecule has 0 aromatic heterocycles. The molecule has 1 aromatic carbocycles. The molecule has 0 bridgehead atoms. The van der Waals surface area contributed by atoms with Crippen LogP contribution in [0.4, 0.5) is 5.69 Å². The Kier molecular flexibility index (Phi) is 5.79. The van der Waals surface area contributed by atoms with Gasteiger partial charge in [0.1, 0.15) is 0 Å². The molecule has 1 rings (SSSR count). The van der Waals surface area contributed by atoms with Gasteiger partial charge in [-0.05, 0) is 40.0 Å². The van der Waals surface area contributed by atoms with E-state index < -0.39 is 0 Å². The van der Waals surface area contributed by atoms with Crippen molar-refractivity contribution in [3.8, 4) is 0 Å². The summed E-state index contributed by atoms with van der Waals surface area (Å²) >= 11 is 7.01. The molecular formula is C12H17Br2NO. The summed E-state index contributed by atoms with van der Waals surface area (Å²) in [5.41, 5.74) is 1.09. The molecule has 0 fully saturated rings. The van der Waals surface area contributed by atoms with Gasteiger partial charge < -0.3 is 10.1 Å². The third-order valence-corrected chi connectivity index (χ3v) is 3.61. The van der Waals surface area contributed by atoms with Crippen molar-refractivity contribution in [2.24, 2.45) is 5.92 Å². The minimum atomic E-state index is 0.315. The number of nitrogens with one attached hydrogen (secondary N) is 1. The summed E-state index contributed by atoms with van der Waals surface area (Å²) in [7, 11) is 1.73. The Morgan fingerprint density at radius 3 is 2.56 bits per heavy atom. The summed E-state index contributed by atoms with van der Waals surface area (Å²) in [6, 6.07) is 6.41. The van der Waals surface area contributed by atoms with E-state index in [1.807, 2.05) is 12.1 Å². The van der Waals surface area contributed by atoms with Crippen LogP contribution < -0.4 is 5.32 Å². The first-order valence-electron chi connectivity index (χ1n) is 5.25. The van der Waals surface area contributed by atoms with Crippen molar-refractivity contribution < 1.29 is 4.74 Å². The molecule has 16 heavy (non-hydrogen) atoms. The molecule has 90 valence electrons. The van der Waals surface area contributed by atoms with Crippen molar-refractivity contribution >= 4 is 37.5 Å². The lowest BCUT2D eigenvalue weighted by atomic mass is 10.1. The normalized spacial score (nSPS) is 12.9. The zero-order valence-electron chi connectivity index (χ0n) is 9.76. The Balaban J connectivity index is 2.80. The van der Waals surface area contributed by atoms with Crippen LogP contribution >= 0.6 is 31.9 Å². The molecular weight excluding hydrogens is 334 g/mol. The van der Waals surface area contributed by atoms with Crippen LogP contribution in [0.2, 0.25) is 0 Å². The van der Waals surface area contributed by atoms with Crippen LogP contribution in [-0.4, -0.2) is 19.8 Å². The Bertz CT molecular complexity index is 342. The van der Waals surface area contributed by atoms with Crippen LogP contribution in [0.5, 0.6) is 0 Å². The molecule has 0 amide bonds. The molecule has 0 aliphatic carbocycles. The van der Waals surface area contributed by atoms with Crippen molar-refractivity contribution in [2.75, 3.05) is 19.0 Å². The molecule has 2 nitrogen and oxygen atoms in total. The number of rotatable bonds is 5. The van der Waals surface area contributed by atoms with Gasteiger partial charge in [0.05, 0.1) is 12.6 Å². The van der Waals surface area contributed by atoms with E-state index in [0.717, 1.165) is 14.6 Å². The lowest BCUT2D eigenvalue weighted by Gasteiger charge is -2.23. The first-order chi connectivity index (χ1) is 7.54. The zero-order chi connectivity index (χ0) is 12.1. The number of benzene rings is 1. The van der Waals surface area contributed by atoms with E-state index in [1.165, 1.54) is 0 Å². The number of methoxy groups -OCH3 is 1. The third kappa shape index (κ3) is 4.07. The van der Waals surface area contributed by atoms with Gasteiger partial charge in [0.15, 0.2) is 0 Å². The van der Waals surface area contributed by atoms with Crippen LogP contribution in [0.15, 0.2) is 27.1 Å². The fraction of sp³-hybridized carbons (Fsp3) is 0.500. The van der Waals surface area contributed by atoms with E-state index in [-0.39, 0.29) is 0 Å². The number of hydrogen-bond donors (Lipinski definition) is 1. The third-order valence-electron chi connectivity index (χ3n) is 2.42. The Morgan fingerprint density at radius 1 is 1.31 bits per heavy atom. The molecule has 0 aliphatic rings. The highest BCUT2D eigenvalue weighted by Gasteiger charge is 2.14. The number of hydrogen-bond acceptors (Lipinski definition) is 2. The SMILES string of the molecule is COCC(Nc1cc(Br)ccc1Br)C(C)C. The molecule has 1 unspecified atom stereocenters. The number of anilines is 1. The van der Waals surface area contributed by atoms with Gasteiger partial charge in [-0.2, -0.15) is 0 Å². The van der Waals surface area contributed by atoms with Crippen LogP contribution in [-0.2, 0) is 4.74 Å². The summed E-state index contributed by atoms with van der Waals surface area (Å²) in [5.74, 6) is 0.519. The van der Waals surface area contributed by atoms with E-state index in [9.17, 15) is 0 Å². The van der Waals surface area contributed by atoms with Crippen LogP contribution in [0, 0.1) is 5.92 Å². The van der Waals surface area contributed by atoms with Crippen molar-refractivity contribution in [3.63, 3.8) is 0 Å². The average molecular weight is 351 g/mol. The molecule has 0 heterocycles. The molecule has 0 radical (unpaired) electrons. The van der Waals surface area contributed by atoms with Crippen LogP contribution in [0.25, 0.3) is 0 Å². The van der Waals surface area contributed by atoms with E-state index >= 15 is 0 Å². The number of halogens is 2. The predicted molar refractivity (Wildman–Crippen MR) is 76.0 cm³/mol. The minimum Gasteiger partial charge on any atom is -0.383 e. The first-order valence-corrected chi connectivity index (χ1v) is 6.83. The van der Waals surface area contributed by atoms with Crippen LogP contribution in [0.1, 0.15) is 13.8 Å². The summed E-state index contributed by atoms with van der Waals surface area (Å²) in [5, 5.41) is 3.49. The minimum absolute atomic E-state index is 0.315. The molecule has 0 saturated carbocycles. The molecule has 4 heteroatoms. The predicted octanol–water partition coefficient (Wildman–Crippen LogP) is 4.29. The fourth-order valence-corrected chi connectivity index (χ4v) is 2.11. The highest BCUT2D eigenvalue weighted by molar-refractivity contribution is 9.11. The van der Waals surface area contributed by atoms with Gasteiger partial charge in [-0.25, -0.2) is 0 Å². The van der Waals surface area contributed by atoms with Crippen LogP contribution in [0.3, 0.4) is 0 Å². The summed E-state index contributed by atoms with van der Waals surface area (Å²) in [4.78, 5) is 0.